The van der Waals surface area contributed by atoms with Crippen molar-refractivity contribution in [2.24, 2.45) is 5.92 Å². The molecule has 0 saturated carbocycles. The summed E-state index contributed by atoms with van der Waals surface area (Å²) in [5.41, 5.74) is 1.24. The molecule has 30 heavy (non-hydrogen) atoms. The van der Waals surface area contributed by atoms with Gasteiger partial charge in [-0.2, -0.15) is 18.2 Å². The number of rotatable bonds is 4. The number of nitrogens with zero attached hydrogens (tertiary/aromatic N) is 2. The molecule has 4 rings (SSSR count). The molecule has 8 heteroatoms. The predicted octanol–water partition coefficient (Wildman–Crippen LogP) is 4.94. The van der Waals surface area contributed by atoms with Crippen LogP contribution in [0.3, 0.4) is 0 Å². The van der Waals surface area contributed by atoms with Gasteiger partial charge in [0.2, 0.25) is 5.91 Å². The van der Waals surface area contributed by atoms with E-state index < -0.39 is 17.8 Å². The first-order valence-corrected chi connectivity index (χ1v) is 9.89. The number of oxazole rings is 1. The van der Waals surface area contributed by atoms with Gasteiger partial charge in [0.05, 0.1) is 11.6 Å². The Bertz CT molecular complexity index is 1010. The summed E-state index contributed by atoms with van der Waals surface area (Å²) in [5, 5.41) is 2.86. The van der Waals surface area contributed by atoms with Gasteiger partial charge >= 0.3 is 6.18 Å². The second-order valence-corrected chi connectivity index (χ2v) is 7.58. The number of amides is 1. The molecule has 1 aliphatic heterocycles. The largest absolute Gasteiger partial charge is 0.423 e. The summed E-state index contributed by atoms with van der Waals surface area (Å²) in [6, 6.07) is 12.6. The number of fused-ring (bicyclic) bond motifs is 1. The van der Waals surface area contributed by atoms with Gasteiger partial charge in [-0.1, -0.05) is 24.3 Å². The molecule has 1 amide bonds. The normalized spacial score (nSPS) is 16.6. The summed E-state index contributed by atoms with van der Waals surface area (Å²) in [4.78, 5) is 19.2. The molecule has 2 heterocycles. The SMILES string of the molecule is CC(NC(=O)C1CCN(c2nc3ccccc3o2)CC1)c1cccc(C(F)(F)F)c1. The van der Waals surface area contributed by atoms with Crippen molar-refractivity contribution < 1.29 is 22.4 Å². The van der Waals surface area contributed by atoms with Crippen molar-refractivity contribution in [3.8, 4) is 0 Å². The summed E-state index contributed by atoms with van der Waals surface area (Å²) in [6.45, 7) is 2.95. The number of carbonyl (C=O) groups excluding carboxylic acids is 1. The minimum atomic E-state index is -4.41. The van der Waals surface area contributed by atoms with Crippen LogP contribution in [-0.4, -0.2) is 24.0 Å². The van der Waals surface area contributed by atoms with Gasteiger partial charge in [0.25, 0.3) is 6.01 Å². The Kier molecular flexibility index (Phi) is 5.40. The summed E-state index contributed by atoms with van der Waals surface area (Å²) in [5.74, 6) is -0.337. The molecule has 1 N–H and O–H groups in total. The molecular formula is C22H22F3N3O2. The standard InChI is InChI=1S/C22H22F3N3O2/c1-14(16-5-4-6-17(13-16)22(23,24)25)26-20(29)15-9-11-28(12-10-15)21-27-18-7-2-3-8-19(18)30-21/h2-8,13-15H,9-12H2,1H3,(H,26,29). The average molecular weight is 417 g/mol. The van der Waals surface area contributed by atoms with Crippen molar-refractivity contribution in [2.75, 3.05) is 18.0 Å². The Morgan fingerprint density at radius 1 is 1.17 bits per heavy atom. The highest BCUT2D eigenvalue weighted by Crippen LogP contribution is 2.31. The quantitative estimate of drug-likeness (QED) is 0.653. The summed E-state index contributed by atoms with van der Waals surface area (Å²) in [6.07, 6.45) is -3.16. The maximum atomic E-state index is 12.9. The van der Waals surface area contributed by atoms with Crippen LogP contribution in [0, 0.1) is 5.92 Å². The zero-order valence-electron chi connectivity index (χ0n) is 16.4. The van der Waals surface area contributed by atoms with Crippen LogP contribution in [0.15, 0.2) is 52.9 Å². The van der Waals surface area contributed by atoms with E-state index in [-0.39, 0.29) is 11.8 Å². The Labute approximate surface area is 171 Å². The van der Waals surface area contributed by atoms with E-state index in [9.17, 15) is 18.0 Å². The van der Waals surface area contributed by atoms with Crippen LogP contribution in [0.1, 0.15) is 36.9 Å². The van der Waals surface area contributed by atoms with Crippen molar-refractivity contribution in [3.63, 3.8) is 0 Å². The number of aromatic nitrogens is 1. The van der Waals surface area contributed by atoms with Crippen molar-refractivity contribution in [3.05, 3.63) is 59.7 Å². The van der Waals surface area contributed by atoms with Gasteiger partial charge in [-0.3, -0.25) is 4.79 Å². The summed E-state index contributed by atoms with van der Waals surface area (Å²) in [7, 11) is 0. The molecule has 1 saturated heterocycles. The number of hydrogen-bond donors (Lipinski definition) is 1. The second-order valence-electron chi connectivity index (χ2n) is 7.58. The van der Waals surface area contributed by atoms with Crippen molar-refractivity contribution >= 4 is 23.0 Å². The maximum absolute atomic E-state index is 12.9. The molecule has 1 unspecified atom stereocenters. The molecule has 1 aliphatic rings. The van der Waals surface area contributed by atoms with E-state index in [1.807, 2.05) is 29.2 Å². The monoisotopic (exact) mass is 417 g/mol. The van der Waals surface area contributed by atoms with Crippen LogP contribution >= 0.6 is 0 Å². The lowest BCUT2D eigenvalue weighted by atomic mass is 9.95. The average Bonchev–Trinajstić information content (AvgIpc) is 3.17. The molecule has 158 valence electrons. The fraction of sp³-hybridized carbons (Fsp3) is 0.364. The number of alkyl halides is 3. The van der Waals surface area contributed by atoms with Crippen LogP contribution in [0.5, 0.6) is 0 Å². The van der Waals surface area contributed by atoms with E-state index in [0.29, 0.717) is 37.5 Å². The Balaban J connectivity index is 1.35. The molecule has 0 aliphatic carbocycles. The molecule has 1 aromatic heterocycles. The minimum absolute atomic E-state index is 0.142. The molecule has 0 spiro atoms. The van der Waals surface area contributed by atoms with E-state index in [2.05, 4.69) is 10.3 Å². The third-order valence-corrected chi connectivity index (χ3v) is 5.49. The topological polar surface area (TPSA) is 58.4 Å². The molecule has 0 bridgehead atoms. The summed E-state index contributed by atoms with van der Waals surface area (Å²) < 4.78 is 44.6. The molecule has 1 atom stereocenters. The molecule has 2 aromatic carbocycles. The Morgan fingerprint density at radius 3 is 2.60 bits per heavy atom. The van der Waals surface area contributed by atoms with E-state index in [4.69, 9.17) is 4.42 Å². The van der Waals surface area contributed by atoms with Gasteiger partial charge in [-0.05, 0) is 49.6 Å². The van der Waals surface area contributed by atoms with E-state index in [0.717, 1.165) is 23.2 Å². The lowest BCUT2D eigenvalue weighted by Crippen LogP contribution is -2.41. The van der Waals surface area contributed by atoms with Crippen LogP contribution in [0.2, 0.25) is 0 Å². The molecular weight excluding hydrogens is 395 g/mol. The number of nitrogens with one attached hydrogen (secondary N) is 1. The number of carbonyl (C=O) groups is 1. The maximum Gasteiger partial charge on any atom is 0.416 e. The first-order chi connectivity index (χ1) is 14.3. The molecule has 3 aromatic rings. The molecule has 0 radical (unpaired) electrons. The third kappa shape index (κ3) is 4.27. The predicted molar refractivity (Wildman–Crippen MR) is 107 cm³/mol. The fourth-order valence-electron chi connectivity index (χ4n) is 3.73. The lowest BCUT2D eigenvalue weighted by Gasteiger charge is -2.30. The molecule has 1 fully saturated rings. The van der Waals surface area contributed by atoms with Crippen LogP contribution in [-0.2, 0) is 11.0 Å². The van der Waals surface area contributed by atoms with Crippen molar-refractivity contribution in [1.29, 1.82) is 0 Å². The second kappa shape index (κ2) is 8.01. The first-order valence-electron chi connectivity index (χ1n) is 9.89. The zero-order valence-corrected chi connectivity index (χ0v) is 16.4. The van der Waals surface area contributed by atoms with Crippen molar-refractivity contribution in [2.45, 2.75) is 32.0 Å². The van der Waals surface area contributed by atoms with Crippen molar-refractivity contribution in [1.82, 2.24) is 10.3 Å². The van der Waals surface area contributed by atoms with E-state index in [1.165, 1.54) is 6.07 Å². The van der Waals surface area contributed by atoms with Gasteiger partial charge in [-0.15, -0.1) is 0 Å². The fourth-order valence-corrected chi connectivity index (χ4v) is 3.73. The van der Waals surface area contributed by atoms with Gasteiger partial charge in [0, 0.05) is 19.0 Å². The van der Waals surface area contributed by atoms with Gasteiger partial charge in [0.1, 0.15) is 5.52 Å². The smallest absolute Gasteiger partial charge is 0.416 e. The van der Waals surface area contributed by atoms with Gasteiger partial charge < -0.3 is 14.6 Å². The number of anilines is 1. The van der Waals surface area contributed by atoms with Gasteiger partial charge in [-0.25, -0.2) is 0 Å². The van der Waals surface area contributed by atoms with Crippen LogP contribution in [0.25, 0.3) is 11.1 Å². The number of benzene rings is 2. The number of piperidine rings is 1. The highest BCUT2D eigenvalue weighted by Gasteiger charge is 2.31. The first kappa shape index (κ1) is 20.3. The van der Waals surface area contributed by atoms with E-state index >= 15 is 0 Å². The van der Waals surface area contributed by atoms with Crippen LogP contribution in [0.4, 0.5) is 19.2 Å². The summed E-state index contributed by atoms with van der Waals surface area (Å²) >= 11 is 0. The third-order valence-electron chi connectivity index (χ3n) is 5.49. The number of halogens is 3. The number of para-hydroxylation sites is 2. The number of hydrogen-bond acceptors (Lipinski definition) is 4. The van der Waals surface area contributed by atoms with Gasteiger partial charge in [0.15, 0.2) is 5.58 Å². The Hall–Kier alpha value is -3.03. The molecule has 5 nitrogen and oxygen atoms in total. The van der Waals surface area contributed by atoms with E-state index in [1.54, 1.807) is 13.0 Å². The zero-order chi connectivity index (χ0) is 21.3. The highest BCUT2D eigenvalue weighted by molar-refractivity contribution is 5.79. The minimum Gasteiger partial charge on any atom is -0.423 e. The Morgan fingerprint density at radius 2 is 1.90 bits per heavy atom. The van der Waals surface area contributed by atoms with Crippen LogP contribution < -0.4 is 10.2 Å². The highest BCUT2D eigenvalue weighted by atomic mass is 19.4. The lowest BCUT2D eigenvalue weighted by molar-refractivity contribution is -0.137.